The lowest BCUT2D eigenvalue weighted by atomic mass is 9.99. The maximum atomic E-state index is 5.29. The third kappa shape index (κ3) is 3.91. The summed E-state index contributed by atoms with van der Waals surface area (Å²) in [6, 6.07) is 0. The topological polar surface area (TPSA) is 37.4 Å². The smallest absolute Gasteiger partial charge is 0.185 e. The molecular formula is C14H25N3OS. The molecule has 0 spiro atoms. The summed E-state index contributed by atoms with van der Waals surface area (Å²) in [6.45, 7) is 9.28. The normalized spacial score (nSPS) is 19.9. The molecule has 0 amide bonds. The van der Waals surface area contributed by atoms with Gasteiger partial charge in [0.25, 0.3) is 0 Å². The van der Waals surface area contributed by atoms with Crippen LogP contribution in [-0.2, 0) is 11.3 Å². The van der Waals surface area contributed by atoms with Crippen molar-refractivity contribution in [2.24, 2.45) is 5.92 Å². The van der Waals surface area contributed by atoms with E-state index in [9.17, 15) is 0 Å². The van der Waals surface area contributed by atoms with Crippen molar-refractivity contribution in [1.82, 2.24) is 10.3 Å². The molecule has 1 aromatic heterocycles. The molecule has 0 aromatic carbocycles. The van der Waals surface area contributed by atoms with Gasteiger partial charge in [0.1, 0.15) is 0 Å². The Morgan fingerprint density at radius 3 is 3.11 bits per heavy atom. The monoisotopic (exact) mass is 283 g/mol. The van der Waals surface area contributed by atoms with Crippen LogP contribution in [0.4, 0.5) is 5.13 Å². The average Bonchev–Trinajstić information content (AvgIpc) is 2.79. The van der Waals surface area contributed by atoms with Gasteiger partial charge in [-0.05, 0) is 32.2 Å². The number of rotatable bonds is 6. The number of hydrogen-bond acceptors (Lipinski definition) is 5. The van der Waals surface area contributed by atoms with E-state index in [0.717, 1.165) is 32.8 Å². The van der Waals surface area contributed by atoms with E-state index in [1.165, 1.54) is 28.5 Å². The Labute approximate surface area is 120 Å². The van der Waals surface area contributed by atoms with Crippen LogP contribution in [0.25, 0.3) is 0 Å². The number of methoxy groups -OCH3 is 1. The third-order valence-corrected chi connectivity index (χ3v) is 4.83. The van der Waals surface area contributed by atoms with E-state index >= 15 is 0 Å². The van der Waals surface area contributed by atoms with Gasteiger partial charge < -0.3 is 15.0 Å². The molecule has 0 radical (unpaired) electrons. The zero-order valence-electron chi connectivity index (χ0n) is 12.2. The molecule has 0 bridgehead atoms. The summed E-state index contributed by atoms with van der Waals surface area (Å²) in [6.07, 6.45) is 2.52. The van der Waals surface area contributed by atoms with Crippen molar-refractivity contribution in [2.75, 3.05) is 38.3 Å². The van der Waals surface area contributed by atoms with Gasteiger partial charge in [0.2, 0.25) is 0 Å². The largest absolute Gasteiger partial charge is 0.384 e. The Balaban J connectivity index is 2.00. The molecule has 1 aliphatic rings. The summed E-state index contributed by atoms with van der Waals surface area (Å²) >= 11 is 1.84. The summed E-state index contributed by atoms with van der Waals surface area (Å²) in [4.78, 5) is 8.54. The first-order chi connectivity index (χ1) is 9.24. The van der Waals surface area contributed by atoms with Crippen LogP contribution in [0.15, 0.2) is 0 Å². The van der Waals surface area contributed by atoms with Crippen molar-refractivity contribution in [3.05, 3.63) is 10.6 Å². The van der Waals surface area contributed by atoms with Crippen molar-refractivity contribution in [1.29, 1.82) is 0 Å². The first-order valence-electron chi connectivity index (χ1n) is 7.15. The Bertz CT molecular complexity index is 392. The molecule has 1 fully saturated rings. The zero-order chi connectivity index (χ0) is 13.7. The molecule has 1 unspecified atom stereocenters. The second-order valence-electron chi connectivity index (χ2n) is 5.19. The fourth-order valence-electron chi connectivity index (χ4n) is 2.56. The van der Waals surface area contributed by atoms with Gasteiger partial charge in [0, 0.05) is 31.6 Å². The highest BCUT2D eigenvalue weighted by Crippen LogP contribution is 2.29. The maximum Gasteiger partial charge on any atom is 0.185 e. The Morgan fingerprint density at radius 2 is 2.37 bits per heavy atom. The lowest BCUT2D eigenvalue weighted by Gasteiger charge is -2.32. The Kier molecular flexibility index (Phi) is 5.60. The molecule has 4 nitrogen and oxygen atoms in total. The standard InChI is InChI=1S/C14H25N3OS/c1-4-15-8-13-11(2)16-14(19-13)17-7-5-6-12(9-17)10-18-3/h12,15H,4-10H2,1-3H3. The van der Waals surface area contributed by atoms with Crippen LogP contribution in [0.3, 0.4) is 0 Å². The molecule has 1 atom stereocenters. The maximum absolute atomic E-state index is 5.29. The number of anilines is 1. The van der Waals surface area contributed by atoms with Gasteiger partial charge in [0.05, 0.1) is 12.3 Å². The van der Waals surface area contributed by atoms with Gasteiger partial charge in [-0.2, -0.15) is 0 Å². The van der Waals surface area contributed by atoms with E-state index in [-0.39, 0.29) is 0 Å². The van der Waals surface area contributed by atoms with Crippen molar-refractivity contribution < 1.29 is 4.74 Å². The van der Waals surface area contributed by atoms with E-state index < -0.39 is 0 Å². The molecule has 1 aromatic rings. The van der Waals surface area contributed by atoms with Crippen LogP contribution in [0.2, 0.25) is 0 Å². The number of piperidine rings is 1. The third-order valence-electron chi connectivity index (χ3n) is 3.61. The van der Waals surface area contributed by atoms with Gasteiger partial charge >= 0.3 is 0 Å². The van der Waals surface area contributed by atoms with E-state index in [2.05, 4.69) is 24.1 Å². The van der Waals surface area contributed by atoms with E-state index in [4.69, 9.17) is 9.72 Å². The van der Waals surface area contributed by atoms with Gasteiger partial charge in [0.15, 0.2) is 5.13 Å². The lowest BCUT2D eigenvalue weighted by molar-refractivity contribution is 0.143. The first-order valence-corrected chi connectivity index (χ1v) is 7.97. The number of aryl methyl sites for hydroxylation is 1. The van der Waals surface area contributed by atoms with Crippen molar-refractivity contribution in [3.63, 3.8) is 0 Å². The van der Waals surface area contributed by atoms with Crippen molar-refractivity contribution in [2.45, 2.75) is 33.2 Å². The van der Waals surface area contributed by atoms with Crippen LogP contribution < -0.4 is 10.2 Å². The molecule has 2 heterocycles. The summed E-state index contributed by atoms with van der Waals surface area (Å²) in [7, 11) is 1.79. The molecule has 2 rings (SSSR count). The van der Waals surface area contributed by atoms with E-state index in [1.807, 2.05) is 11.3 Å². The number of ether oxygens (including phenoxy) is 1. The summed E-state index contributed by atoms with van der Waals surface area (Å²) < 4.78 is 5.29. The second kappa shape index (κ2) is 7.22. The van der Waals surface area contributed by atoms with Crippen LogP contribution in [0.1, 0.15) is 30.3 Å². The van der Waals surface area contributed by atoms with Gasteiger partial charge in [-0.25, -0.2) is 4.98 Å². The minimum absolute atomic E-state index is 0.653. The molecule has 1 N–H and O–H groups in total. The van der Waals surface area contributed by atoms with E-state index in [0.29, 0.717) is 5.92 Å². The summed E-state index contributed by atoms with van der Waals surface area (Å²) in [5, 5.41) is 4.57. The Morgan fingerprint density at radius 1 is 1.53 bits per heavy atom. The van der Waals surface area contributed by atoms with Crippen LogP contribution in [-0.4, -0.2) is 38.3 Å². The lowest BCUT2D eigenvalue weighted by Crippen LogP contribution is -2.37. The number of nitrogens with one attached hydrogen (secondary N) is 1. The summed E-state index contributed by atoms with van der Waals surface area (Å²) in [5.41, 5.74) is 1.18. The van der Waals surface area contributed by atoms with Crippen molar-refractivity contribution >= 4 is 16.5 Å². The fraction of sp³-hybridized carbons (Fsp3) is 0.786. The highest BCUT2D eigenvalue weighted by Gasteiger charge is 2.22. The minimum atomic E-state index is 0.653. The summed E-state index contributed by atoms with van der Waals surface area (Å²) in [5.74, 6) is 0.653. The van der Waals surface area contributed by atoms with Crippen LogP contribution >= 0.6 is 11.3 Å². The SMILES string of the molecule is CCNCc1sc(N2CCCC(COC)C2)nc1C. The molecule has 0 saturated carbocycles. The highest BCUT2D eigenvalue weighted by molar-refractivity contribution is 7.15. The second-order valence-corrected chi connectivity index (χ2v) is 6.26. The zero-order valence-corrected chi connectivity index (χ0v) is 13.1. The Hall–Kier alpha value is -0.650. The van der Waals surface area contributed by atoms with Crippen molar-refractivity contribution in [3.8, 4) is 0 Å². The van der Waals surface area contributed by atoms with Gasteiger partial charge in [-0.3, -0.25) is 0 Å². The fourth-order valence-corrected chi connectivity index (χ4v) is 3.63. The highest BCUT2D eigenvalue weighted by atomic mass is 32.1. The molecule has 108 valence electrons. The predicted molar refractivity (Wildman–Crippen MR) is 81.0 cm³/mol. The predicted octanol–water partition coefficient (Wildman–Crippen LogP) is 2.42. The van der Waals surface area contributed by atoms with Crippen LogP contribution in [0, 0.1) is 12.8 Å². The number of thiazole rings is 1. The van der Waals surface area contributed by atoms with Crippen LogP contribution in [0.5, 0.6) is 0 Å². The molecule has 1 aliphatic heterocycles. The number of hydrogen-bond donors (Lipinski definition) is 1. The molecular weight excluding hydrogens is 258 g/mol. The van der Waals surface area contributed by atoms with Gasteiger partial charge in [-0.1, -0.05) is 6.92 Å². The number of nitrogens with zero attached hydrogens (tertiary/aromatic N) is 2. The molecule has 1 saturated heterocycles. The minimum Gasteiger partial charge on any atom is -0.384 e. The average molecular weight is 283 g/mol. The van der Waals surface area contributed by atoms with E-state index in [1.54, 1.807) is 7.11 Å². The van der Waals surface area contributed by atoms with Gasteiger partial charge in [-0.15, -0.1) is 11.3 Å². The molecule has 19 heavy (non-hydrogen) atoms. The number of aromatic nitrogens is 1. The molecule has 5 heteroatoms. The quantitative estimate of drug-likeness (QED) is 0.870. The molecule has 0 aliphatic carbocycles. The first kappa shape index (κ1) is 14.8.